The smallest absolute Gasteiger partial charge is 0.259 e. The molecule has 0 spiro atoms. The van der Waals surface area contributed by atoms with Gasteiger partial charge in [-0.1, -0.05) is 0 Å². The van der Waals surface area contributed by atoms with Crippen LogP contribution in [0.1, 0.15) is 21.1 Å². The summed E-state index contributed by atoms with van der Waals surface area (Å²) in [5, 5.41) is 0.546. The van der Waals surface area contributed by atoms with Crippen molar-refractivity contribution >= 4 is 33.4 Å². The largest absolute Gasteiger partial charge is 0.306 e. The Labute approximate surface area is 129 Å². The maximum atomic E-state index is 12.8. The molecule has 2 aromatic heterocycles. The number of aromatic amines is 1. The fourth-order valence-electron chi connectivity index (χ4n) is 2.01. The molecule has 6 heteroatoms. The zero-order valence-corrected chi connectivity index (χ0v) is 12.4. The highest BCUT2D eigenvalue weighted by Gasteiger charge is 2.06. The van der Waals surface area contributed by atoms with Crippen LogP contribution in [0.25, 0.3) is 16.3 Å². The summed E-state index contributed by atoms with van der Waals surface area (Å²) >= 11 is 1.42. The molecule has 0 atom stereocenters. The average Bonchev–Trinajstić information content (AvgIpc) is 2.86. The number of allylic oxidation sites excluding steroid dienone is 1. The summed E-state index contributed by atoms with van der Waals surface area (Å²) in [5.74, 6) is -0.370. The second-order valence-corrected chi connectivity index (χ2v) is 5.97. The van der Waals surface area contributed by atoms with E-state index in [9.17, 15) is 14.0 Å². The van der Waals surface area contributed by atoms with Gasteiger partial charge >= 0.3 is 0 Å². The highest BCUT2D eigenvalue weighted by atomic mass is 32.1. The van der Waals surface area contributed by atoms with Crippen molar-refractivity contribution in [1.29, 1.82) is 0 Å². The number of fused-ring (bicyclic) bond motifs is 1. The quantitative estimate of drug-likeness (QED) is 0.596. The van der Waals surface area contributed by atoms with Crippen LogP contribution in [0.4, 0.5) is 4.39 Å². The Kier molecular flexibility index (Phi) is 3.68. The van der Waals surface area contributed by atoms with E-state index in [0.29, 0.717) is 21.6 Å². The molecule has 4 nitrogen and oxygen atoms in total. The van der Waals surface area contributed by atoms with Crippen LogP contribution < -0.4 is 5.56 Å². The van der Waals surface area contributed by atoms with Gasteiger partial charge in [0.1, 0.15) is 16.5 Å². The molecule has 1 aromatic carbocycles. The van der Waals surface area contributed by atoms with Gasteiger partial charge in [-0.05, 0) is 49.4 Å². The number of hydrogen-bond acceptors (Lipinski definition) is 4. The first-order valence-electron chi connectivity index (χ1n) is 6.51. The van der Waals surface area contributed by atoms with Crippen molar-refractivity contribution in [1.82, 2.24) is 9.97 Å². The van der Waals surface area contributed by atoms with Gasteiger partial charge in [0.15, 0.2) is 5.78 Å². The SMILES string of the molecule is Cc1cc2c(=O)[nH]c(/C=C/C(=O)c3ccc(F)cc3)nc2s1. The number of thiophene rings is 1. The van der Waals surface area contributed by atoms with E-state index < -0.39 is 5.82 Å². The fourth-order valence-corrected chi connectivity index (χ4v) is 2.90. The molecule has 0 amide bonds. The second-order valence-electron chi connectivity index (χ2n) is 4.73. The molecule has 0 bridgehead atoms. The van der Waals surface area contributed by atoms with Crippen molar-refractivity contribution in [3.05, 3.63) is 68.8 Å². The molecule has 0 unspecified atom stereocenters. The van der Waals surface area contributed by atoms with E-state index in [1.807, 2.05) is 6.92 Å². The van der Waals surface area contributed by atoms with Crippen molar-refractivity contribution in [3.63, 3.8) is 0 Å². The summed E-state index contributed by atoms with van der Waals surface area (Å²) < 4.78 is 12.8. The van der Waals surface area contributed by atoms with Crippen LogP contribution in [0.3, 0.4) is 0 Å². The lowest BCUT2D eigenvalue weighted by molar-refractivity contribution is 0.104. The summed E-state index contributed by atoms with van der Waals surface area (Å²) in [7, 11) is 0. The van der Waals surface area contributed by atoms with E-state index in [-0.39, 0.29) is 11.3 Å². The number of aryl methyl sites for hydroxylation is 1. The molecule has 0 radical (unpaired) electrons. The number of aromatic nitrogens is 2. The minimum absolute atomic E-state index is 0.233. The number of rotatable bonds is 3. The number of nitrogens with one attached hydrogen (secondary N) is 1. The summed E-state index contributed by atoms with van der Waals surface area (Å²) in [4.78, 5) is 32.4. The number of ketones is 1. The number of benzene rings is 1. The highest BCUT2D eigenvalue weighted by Crippen LogP contribution is 2.19. The Balaban J connectivity index is 1.90. The van der Waals surface area contributed by atoms with Crippen LogP contribution in [0.5, 0.6) is 0 Å². The predicted octanol–water partition coefficient (Wildman–Crippen LogP) is 3.33. The van der Waals surface area contributed by atoms with Gasteiger partial charge in [0, 0.05) is 10.4 Å². The maximum Gasteiger partial charge on any atom is 0.259 e. The second kappa shape index (κ2) is 5.65. The predicted molar refractivity (Wildman–Crippen MR) is 84.7 cm³/mol. The van der Waals surface area contributed by atoms with Crippen LogP contribution in [-0.4, -0.2) is 15.8 Å². The Morgan fingerprint density at radius 2 is 2.05 bits per heavy atom. The molecule has 3 aromatic rings. The van der Waals surface area contributed by atoms with Crippen molar-refractivity contribution in [2.24, 2.45) is 0 Å². The van der Waals surface area contributed by atoms with Crippen LogP contribution in [-0.2, 0) is 0 Å². The van der Waals surface area contributed by atoms with Gasteiger partial charge in [0.05, 0.1) is 5.39 Å². The molecular formula is C16H11FN2O2S. The third-order valence-corrected chi connectivity index (χ3v) is 4.01. The number of carbonyl (C=O) groups is 1. The first-order valence-corrected chi connectivity index (χ1v) is 7.33. The van der Waals surface area contributed by atoms with Crippen LogP contribution >= 0.6 is 11.3 Å². The van der Waals surface area contributed by atoms with Gasteiger partial charge in [-0.25, -0.2) is 9.37 Å². The number of nitrogens with zero attached hydrogens (tertiary/aromatic N) is 1. The Morgan fingerprint density at radius 1 is 1.32 bits per heavy atom. The molecule has 0 aliphatic rings. The number of hydrogen-bond donors (Lipinski definition) is 1. The minimum Gasteiger partial charge on any atom is -0.306 e. The van der Waals surface area contributed by atoms with E-state index in [1.165, 1.54) is 47.8 Å². The van der Waals surface area contributed by atoms with Crippen LogP contribution in [0, 0.1) is 12.7 Å². The first kappa shape index (κ1) is 14.3. The molecule has 110 valence electrons. The Bertz CT molecular complexity index is 939. The van der Waals surface area contributed by atoms with Crippen molar-refractivity contribution in [2.45, 2.75) is 6.92 Å². The molecule has 3 rings (SSSR count). The minimum atomic E-state index is -0.398. The van der Waals surface area contributed by atoms with Gasteiger partial charge in [-0.15, -0.1) is 11.3 Å². The lowest BCUT2D eigenvalue weighted by Gasteiger charge is -1.96. The topological polar surface area (TPSA) is 62.8 Å². The Hall–Kier alpha value is -2.60. The van der Waals surface area contributed by atoms with Gasteiger partial charge in [-0.3, -0.25) is 9.59 Å². The molecule has 0 saturated carbocycles. The summed E-state index contributed by atoms with van der Waals surface area (Å²) in [6.45, 7) is 1.90. The fraction of sp³-hybridized carbons (Fsp3) is 0.0625. The van der Waals surface area contributed by atoms with E-state index >= 15 is 0 Å². The van der Waals surface area contributed by atoms with E-state index in [4.69, 9.17) is 0 Å². The molecule has 2 heterocycles. The molecule has 0 fully saturated rings. The standard InChI is InChI=1S/C16H11FN2O2S/c1-9-8-12-15(21)18-14(19-16(12)22-9)7-6-13(20)10-2-4-11(17)5-3-10/h2-8H,1H3,(H,18,19,21)/b7-6+. The van der Waals surface area contributed by atoms with Crippen molar-refractivity contribution in [3.8, 4) is 0 Å². The number of carbonyl (C=O) groups excluding carboxylic acids is 1. The Morgan fingerprint density at radius 3 is 2.77 bits per heavy atom. The summed E-state index contributed by atoms with van der Waals surface area (Å²) in [5.41, 5.74) is 0.135. The number of halogens is 1. The third-order valence-electron chi connectivity index (χ3n) is 3.07. The summed E-state index contributed by atoms with van der Waals surface area (Å²) in [6, 6.07) is 7.04. The van der Waals surface area contributed by atoms with Gasteiger partial charge in [0.25, 0.3) is 5.56 Å². The van der Waals surface area contributed by atoms with E-state index in [0.717, 1.165) is 4.88 Å². The lowest BCUT2D eigenvalue weighted by atomic mass is 10.1. The van der Waals surface area contributed by atoms with Crippen molar-refractivity contribution in [2.75, 3.05) is 0 Å². The molecule has 22 heavy (non-hydrogen) atoms. The van der Waals surface area contributed by atoms with Crippen molar-refractivity contribution < 1.29 is 9.18 Å². The van der Waals surface area contributed by atoms with Gasteiger partial charge in [-0.2, -0.15) is 0 Å². The molecule has 0 saturated heterocycles. The lowest BCUT2D eigenvalue weighted by Crippen LogP contribution is -2.08. The zero-order valence-electron chi connectivity index (χ0n) is 11.6. The van der Waals surface area contributed by atoms with Crippen LogP contribution in [0.15, 0.2) is 41.2 Å². The molecule has 0 aliphatic carbocycles. The zero-order chi connectivity index (χ0) is 15.7. The molecule has 0 aliphatic heterocycles. The maximum absolute atomic E-state index is 12.8. The first-order chi connectivity index (χ1) is 10.5. The summed E-state index contributed by atoms with van der Waals surface area (Å²) in [6.07, 6.45) is 2.75. The molecule has 1 N–H and O–H groups in total. The third kappa shape index (κ3) is 2.87. The average molecular weight is 314 g/mol. The van der Waals surface area contributed by atoms with Crippen LogP contribution in [0.2, 0.25) is 0 Å². The van der Waals surface area contributed by atoms with E-state index in [2.05, 4.69) is 9.97 Å². The monoisotopic (exact) mass is 314 g/mol. The molecular weight excluding hydrogens is 303 g/mol. The number of H-pyrrole nitrogens is 1. The van der Waals surface area contributed by atoms with E-state index in [1.54, 1.807) is 6.07 Å². The normalized spacial score (nSPS) is 11.4. The highest BCUT2D eigenvalue weighted by molar-refractivity contribution is 7.18. The van der Waals surface area contributed by atoms with Gasteiger partial charge in [0.2, 0.25) is 0 Å². The van der Waals surface area contributed by atoms with Gasteiger partial charge < -0.3 is 4.98 Å².